The van der Waals surface area contributed by atoms with E-state index in [0.717, 1.165) is 0 Å². The third-order valence-electron chi connectivity index (χ3n) is 3.02. The molecule has 2 rings (SSSR count). The van der Waals surface area contributed by atoms with Crippen molar-refractivity contribution in [3.63, 3.8) is 0 Å². The number of carbonyl (C=O) groups is 2. The zero-order chi connectivity index (χ0) is 16.8. The first-order chi connectivity index (χ1) is 11.0. The van der Waals surface area contributed by atoms with Gasteiger partial charge in [-0.05, 0) is 36.8 Å². The van der Waals surface area contributed by atoms with Crippen molar-refractivity contribution in [1.29, 1.82) is 0 Å². The molecule has 0 radical (unpaired) electrons. The highest BCUT2D eigenvalue weighted by molar-refractivity contribution is 5.97. The van der Waals surface area contributed by atoms with Gasteiger partial charge in [-0.25, -0.2) is 0 Å². The summed E-state index contributed by atoms with van der Waals surface area (Å²) in [6.45, 7) is 3.75. The molecule has 0 atom stereocenters. The highest BCUT2D eigenvalue weighted by Gasteiger charge is 2.09. The average Bonchev–Trinajstić information content (AvgIpc) is 2.50. The molecular weight excluding hydrogens is 296 g/mol. The summed E-state index contributed by atoms with van der Waals surface area (Å²) < 4.78 is 5.54. The molecule has 0 aliphatic heterocycles. The standard InChI is InChI=1S/C17H18N2O4/c1-3-23-16-7-5-4-6-14(16)19-13-9-8-12(17(21)22)10-15(13)18-11(2)20/h4-10,19H,3H2,1-2H3,(H,18,20)(H,21,22)/p-1. The fraction of sp³-hybridized carbons (Fsp3) is 0.176. The van der Waals surface area contributed by atoms with Gasteiger partial charge in [0, 0.05) is 6.92 Å². The predicted octanol–water partition coefficient (Wildman–Crippen LogP) is 2.15. The van der Waals surface area contributed by atoms with Crippen LogP contribution in [0.2, 0.25) is 0 Å². The van der Waals surface area contributed by atoms with Gasteiger partial charge < -0.3 is 25.3 Å². The Labute approximate surface area is 134 Å². The molecule has 0 bridgehead atoms. The van der Waals surface area contributed by atoms with Crippen LogP contribution in [-0.2, 0) is 4.79 Å². The van der Waals surface area contributed by atoms with Crippen molar-refractivity contribution >= 4 is 28.9 Å². The van der Waals surface area contributed by atoms with Crippen LogP contribution in [0.15, 0.2) is 42.5 Å². The number of aromatic carboxylic acids is 1. The lowest BCUT2D eigenvalue weighted by Crippen LogP contribution is -2.22. The van der Waals surface area contributed by atoms with Crippen LogP contribution in [-0.4, -0.2) is 18.5 Å². The Morgan fingerprint density at radius 3 is 2.48 bits per heavy atom. The number of carbonyl (C=O) groups excluding carboxylic acids is 2. The quantitative estimate of drug-likeness (QED) is 0.853. The van der Waals surface area contributed by atoms with Crippen LogP contribution in [0.3, 0.4) is 0 Å². The number of rotatable bonds is 6. The lowest BCUT2D eigenvalue weighted by atomic mass is 10.1. The Hall–Kier alpha value is -3.02. The number of hydrogen-bond donors (Lipinski definition) is 2. The average molecular weight is 313 g/mol. The van der Waals surface area contributed by atoms with E-state index in [-0.39, 0.29) is 11.5 Å². The van der Waals surface area contributed by atoms with E-state index >= 15 is 0 Å². The van der Waals surface area contributed by atoms with E-state index in [2.05, 4.69) is 10.6 Å². The number of hydrogen-bond acceptors (Lipinski definition) is 5. The van der Waals surface area contributed by atoms with Crippen molar-refractivity contribution in [2.75, 3.05) is 17.2 Å². The van der Waals surface area contributed by atoms with Crippen LogP contribution >= 0.6 is 0 Å². The summed E-state index contributed by atoms with van der Waals surface area (Å²) in [5, 5.41) is 16.7. The Balaban J connectivity index is 2.39. The van der Waals surface area contributed by atoms with Gasteiger partial charge in [0.25, 0.3) is 0 Å². The number of amides is 1. The highest BCUT2D eigenvalue weighted by atomic mass is 16.5. The number of nitrogens with one attached hydrogen (secondary N) is 2. The lowest BCUT2D eigenvalue weighted by molar-refractivity contribution is -0.255. The van der Waals surface area contributed by atoms with Crippen molar-refractivity contribution in [2.45, 2.75) is 13.8 Å². The molecule has 23 heavy (non-hydrogen) atoms. The molecule has 2 N–H and O–H groups in total. The van der Waals surface area contributed by atoms with Gasteiger partial charge in [-0.1, -0.05) is 18.2 Å². The molecule has 1 amide bonds. The normalized spacial score (nSPS) is 10.0. The van der Waals surface area contributed by atoms with Gasteiger partial charge in [0.2, 0.25) is 5.91 Å². The smallest absolute Gasteiger partial charge is 0.221 e. The van der Waals surface area contributed by atoms with Gasteiger partial charge in [0.15, 0.2) is 0 Å². The molecule has 0 fully saturated rings. The Morgan fingerprint density at radius 1 is 1.09 bits per heavy atom. The van der Waals surface area contributed by atoms with Gasteiger partial charge in [-0.3, -0.25) is 4.79 Å². The number of carboxylic acid groups (broad SMARTS) is 1. The van der Waals surface area contributed by atoms with E-state index in [0.29, 0.717) is 29.4 Å². The summed E-state index contributed by atoms with van der Waals surface area (Å²) >= 11 is 0. The third-order valence-corrected chi connectivity index (χ3v) is 3.02. The molecule has 0 aliphatic rings. The van der Waals surface area contributed by atoms with Crippen molar-refractivity contribution in [2.24, 2.45) is 0 Å². The first-order valence-corrected chi connectivity index (χ1v) is 7.13. The molecule has 0 unspecified atom stereocenters. The maximum absolute atomic E-state index is 11.3. The molecule has 0 saturated carbocycles. The number of anilines is 3. The SMILES string of the molecule is CCOc1ccccc1Nc1ccc(C(=O)[O-])cc1NC(C)=O. The fourth-order valence-corrected chi connectivity index (χ4v) is 2.07. The minimum atomic E-state index is -1.31. The largest absolute Gasteiger partial charge is 0.545 e. The maximum Gasteiger partial charge on any atom is 0.221 e. The summed E-state index contributed by atoms with van der Waals surface area (Å²) in [4.78, 5) is 22.3. The van der Waals surface area contributed by atoms with Crippen LogP contribution in [0.25, 0.3) is 0 Å². The minimum absolute atomic E-state index is 0.0163. The Kier molecular flexibility index (Phi) is 5.19. The first-order valence-electron chi connectivity index (χ1n) is 7.13. The second-order valence-electron chi connectivity index (χ2n) is 4.78. The summed E-state index contributed by atoms with van der Waals surface area (Å²) in [6, 6.07) is 11.7. The number of carboxylic acids is 1. The molecule has 0 heterocycles. The fourth-order valence-electron chi connectivity index (χ4n) is 2.07. The molecule has 0 aromatic heterocycles. The van der Waals surface area contributed by atoms with E-state index in [4.69, 9.17) is 4.74 Å². The van der Waals surface area contributed by atoms with Crippen LogP contribution in [0.5, 0.6) is 5.75 Å². The minimum Gasteiger partial charge on any atom is -0.545 e. The second kappa shape index (κ2) is 7.31. The Morgan fingerprint density at radius 2 is 1.83 bits per heavy atom. The zero-order valence-electron chi connectivity index (χ0n) is 12.9. The molecule has 0 saturated heterocycles. The molecular formula is C17H17N2O4-. The van der Waals surface area contributed by atoms with Crippen molar-refractivity contribution < 1.29 is 19.4 Å². The summed E-state index contributed by atoms with van der Waals surface area (Å²) in [7, 11) is 0. The number of ether oxygens (including phenoxy) is 1. The highest BCUT2D eigenvalue weighted by Crippen LogP contribution is 2.31. The number of benzene rings is 2. The molecule has 6 heteroatoms. The molecule has 0 spiro atoms. The van der Waals surface area contributed by atoms with Crippen molar-refractivity contribution in [3.05, 3.63) is 48.0 Å². The first kappa shape index (κ1) is 16.4. The van der Waals surface area contributed by atoms with Gasteiger partial charge in [-0.15, -0.1) is 0 Å². The Bertz CT molecular complexity index is 728. The van der Waals surface area contributed by atoms with Crippen molar-refractivity contribution in [3.8, 4) is 5.75 Å². The molecule has 2 aromatic carbocycles. The molecule has 2 aromatic rings. The van der Waals surface area contributed by atoms with Crippen LogP contribution in [0, 0.1) is 0 Å². The third kappa shape index (κ3) is 4.23. The van der Waals surface area contributed by atoms with Crippen LogP contribution < -0.4 is 20.5 Å². The summed E-state index contributed by atoms with van der Waals surface area (Å²) in [5.41, 5.74) is 1.60. The van der Waals surface area contributed by atoms with Crippen LogP contribution in [0.1, 0.15) is 24.2 Å². The monoisotopic (exact) mass is 313 g/mol. The van der Waals surface area contributed by atoms with E-state index in [1.807, 2.05) is 31.2 Å². The van der Waals surface area contributed by atoms with E-state index in [1.54, 1.807) is 6.07 Å². The molecule has 0 aliphatic carbocycles. The summed E-state index contributed by atoms with van der Waals surface area (Å²) in [5.74, 6) is -0.952. The van der Waals surface area contributed by atoms with Gasteiger partial charge in [0.1, 0.15) is 5.75 Å². The van der Waals surface area contributed by atoms with Crippen molar-refractivity contribution in [1.82, 2.24) is 0 Å². The topological polar surface area (TPSA) is 90.5 Å². The maximum atomic E-state index is 11.3. The van der Waals surface area contributed by atoms with E-state index < -0.39 is 5.97 Å². The van der Waals surface area contributed by atoms with E-state index in [9.17, 15) is 14.7 Å². The van der Waals surface area contributed by atoms with Gasteiger partial charge >= 0.3 is 0 Å². The predicted molar refractivity (Wildman–Crippen MR) is 86.0 cm³/mol. The van der Waals surface area contributed by atoms with Gasteiger partial charge in [0.05, 0.1) is 29.6 Å². The van der Waals surface area contributed by atoms with E-state index in [1.165, 1.54) is 19.1 Å². The van der Waals surface area contributed by atoms with Gasteiger partial charge in [-0.2, -0.15) is 0 Å². The molecule has 120 valence electrons. The zero-order valence-corrected chi connectivity index (χ0v) is 12.9. The van der Waals surface area contributed by atoms with Crippen LogP contribution in [0.4, 0.5) is 17.1 Å². The summed E-state index contributed by atoms with van der Waals surface area (Å²) in [6.07, 6.45) is 0. The lowest BCUT2D eigenvalue weighted by Gasteiger charge is -2.16. The second-order valence-corrected chi connectivity index (χ2v) is 4.78. The molecule has 6 nitrogen and oxygen atoms in total. The number of para-hydroxylation sites is 2.